The first-order chi connectivity index (χ1) is 17.0. The molecule has 0 aromatic heterocycles. The van der Waals surface area contributed by atoms with Gasteiger partial charge in [0.15, 0.2) is 0 Å². The Bertz CT molecular complexity index is 1090. The van der Waals surface area contributed by atoms with Gasteiger partial charge >= 0.3 is 6.09 Å². The number of imide groups is 2. The Morgan fingerprint density at radius 3 is 2.42 bits per heavy atom. The average molecular weight is 499 g/mol. The summed E-state index contributed by atoms with van der Waals surface area (Å²) in [6, 6.07) is 4.17. The normalized spacial score (nSPS) is 20.9. The zero-order valence-electron chi connectivity index (χ0n) is 21.3. The van der Waals surface area contributed by atoms with Gasteiger partial charge in [-0.3, -0.25) is 29.4 Å². The summed E-state index contributed by atoms with van der Waals surface area (Å²) in [5.41, 5.74) is 0.708. The fourth-order valence-corrected chi connectivity index (χ4v) is 5.04. The molecule has 3 aliphatic heterocycles. The highest BCUT2D eigenvalue weighted by molar-refractivity contribution is 6.25. The van der Waals surface area contributed by atoms with Crippen LogP contribution in [0, 0.1) is 5.92 Å². The first kappa shape index (κ1) is 25.7. The van der Waals surface area contributed by atoms with Crippen LogP contribution in [-0.2, 0) is 14.3 Å². The highest BCUT2D eigenvalue weighted by atomic mass is 16.6. The Morgan fingerprint density at radius 1 is 1.08 bits per heavy atom. The van der Waals surface area contributed by atoms with E-state index in [0.29, 0.717) is 36.8 Å². The van der Waals surface area contributed by atoms with E-state index in [1.807, 2.05) is 38.8 Å². The fraction of sp³-hybridized carbons (Fsp3) is 0.577. The van der Waals surface area contributed by atoms with Crippen LogP contribution in [0.2, 0.25) is 0 Å². The highest BCUT2D eigenvalue weighted by Gasteiger charge is 2.46. The molecule has 0 saturated carbocycles. The van der Waals surface area contributed by atoms with E-state index in [1.165, 1.54) is 0 Å². The Kier molecular flexibility index (Phi) is 7.06. The molecule has 2 fully saturated rings. The standard InChI is InChI=1S/C26H34N4O6/c1-26(2,3)36-25(35)29-14-11-16(12-15-29)10-13-28(4)18-7-5-6-17-21(18)24(34)30(23(17)33)19-8-9-20(31)27-22(19)32/h5-7,16,19H,8-15H2,1-4H3,(H,27,31,32). The van der Waals surface area contributed by atoms with Crippen LogP contribution in [0.1, 0.15) is 73.6 Å². The van der Waals surface area contributed by atoms with Gasteiger partial charge in [-0.25, -0.2) is 4.79 Å². The Hall–Kier alpha value is -3.43. The largest absolute Gasteiger partial charge is 0.444 e. The molecule has 194 valence electrons. The molecule has 1 N–H and O–H groups in total. The molecule has 2 saturated heterocycles. The maximum absolute atomic E-state index is 13.3. The number of carbonyl (C=O) groups excluding carboxylic acids is 5. The number of benzene rings is 1. The molecule has 3 aliphatic rings. The smallest absolute Gasteiger partial charge is 0.410 e. The molecule has 1 aromatic rings. The summed E-state index contributed by atoms with van der Waals surface area (Å²) >= 11 is 0. The molecule has 10 heteroatoms. The number of rotatable bonds is 5. The molecule has 5 amide bonds. The third kappa shape index (κ3) is 5.22. The van der Waals surface area contributed by atoms with Gasteiger partial charge in [-0.1, -0.05) is 6.07 Å². The average Bonchev–Trinajstić information content (AvgIpc) is 3.07. The predicted molar refractivity (Wildman–Crippen MR) is 132 cm³/mol. The van der Waals surface area contributed by atoms with Crippen LogP contribution in [0.25, 0.3) is 0 Å². The maximum Gasteiger partial charge on any atom is 0.410 e. The van der Waals surface area contributed by atoms with Crippen LogP contribution < -0.4 is 10.2 Å². The van der Waals surface area contributed by atoms with Crippen molar-refractivity contribution in [3.05, 3.63) is 29.3 Å². The summed E-state index contributed by atoms with van der Waals surface area (Å²) in [7, 11) is 1.89. The number of nitrogens with zero attached hydrogens (tertiary/aromatic N) is 3. The zero-order valence-corrected chi connectivity index (χ0v) is 21.3. The van der Waals surface area contributed by atoms with E-state index >= 15 is 0 Å². The summed E-state index contributed by atoms with van der Waals surface area (Å²) in [5.74, 6) is -1.59. The van der Waals surface area contributed by atoms with Crippen molar-refractivity contribution in [2.75, 3.05) is 31.6 Å². The summed E-state index contributed by atoms with van der Waals surface area (Å²) in [6.45, 7) is 7.55. The molecule has 3 heterocycles. The molecule has 1 atom stereocenters. The van der Waals surface area contributed by atoms with Gasteiger partial charge in [0.2, 0.25) is 11.8 Å². The zero-order chi connectivity index (χ0) is 26.2. The molecule has 36 heavy (non-hydrogen) atoms. The number of likely N-dealkylation sites (tertiary alicyclic amines) is 1. The fourth-order valence-electron chi connectivity index (χ4n) is 5.04. The number of carbonyl (C=O) groups is 5. The number of piperidine rings is 2. The predicted octanol–water partition coefficient (Wildman–Crippen LogP) is 2.56. The number of fused-ring (bicyclic) bond motifs is 1. The second kappa shape index (κ2) is 9.91. The van der Waals surface area contributed by atoms with Gasteiger partial charge in [0, 0.05) is 33.1 Å². The van der Waals surface area contributed by atoms with Crippen molar-refractivity contribution in [3.63, 3.8) is 0 Å². The van der Waals surface area contributed by atoms with Crippen molar-refractivity contribution < 1.29 is 28.7 Å². The van der Waals surface area contributed by atoms with E-state index in [2.05, 4.69) is 5.32 Å². The topological polar surface area (TPSA) is 116 Å². The second-order valence-electron chi connectivity index (χ2n) is 10.8. The number of hydrogen-bond acceptors (Lipinski definition) is 7. The SMILES string of the molecule is CN(CCC1CCN(C(=O)OC(C)(C)C)CC1)c1cccc2c1C(=O)N(C1CCC(=O)NC1=O)C2=O. The van der Waals surface area contributed by atoms with Gasteiger partial charge in [-0.15, -0.1) is 0 Å². The molecular weight excluding hydrogens is 464 g/mol. The first-order valence-electron chi connectivity index (χ1n) is 12.5. The quantitative estimate of drug-likeness (QED) is 0.620. The molecule has 0 bridgehead atoms. The van der Waals surface area contributed by atoms with Crippen molar-refractivity contribution in [2.24, 2.45) is 5.92 Å². The summed E-state index contributed by atoms with van der Waals surface area (Å²) < 4.78 is 5.47. The minimum Gasteiger partial charge on any atom is -0.444 e. The maximum atomic E-state index is 13.3. The van der Waals surface area contributed by atoms with Gasteiger partial charge in [0.1, 0.15) is 11.6 Å². The lowest BCUT2D eigenvalue weighted by Crippen LogP contribution is -2.54. The molecule has 0 spiro atoms. The van der Waals surface area contributed by atoms with E-state index in [0.717, 1.165) is 24.2 Å². The van der Waals surface area contributed by atoms with Crippen molar-refractivity contribution in [2.45, 2.75) is 64.5 Å². The third-order valence-electron chi connectivity index (χ3n) is 7.00. The summed E-state index contributed by atoms with van der Waals surface area (Å²) in [6.07, 6.45) is 2.57. The minimum atomic E-state index is -0.983. The van der Waals surface area contributed by atoms with Gasteiger partial charge in [-0.2, -0.15) is 0 Å². The lowest BCUT2D eigenvalue weighted by Gasteiger charge is -2.34. The van der Waals surface area contributed by atoms with E-state index in [9.17, 15) is 24.0 Å². The van der Waals surface area contributed by atoms with Crippen LogP contribution in [0.4, 0.5) is 10.5 Å². The Morgan fingerprint density at radius 2 is 1.78 bits per heavy atom. The highest BCUT2D eigenvalue weighted by Crippen LogP contribution is 2.34. The molecule has 0 aliphatic carbocycles. The lowest BCUT2D eigenvalue weighted by atomic mass is 9.93. The van der Waals surface area contributed by atoms with Crippen LogP contribution in [-0.4, -0.2) is 77.8 Å². The minimum absolute atomic E-state index is 0.0866. The van der Waals surface area contributed by atoms with Gasteiger partial charge in [0.05, 0.1) is 16.8 Å². The Labute approximate surface area is 210 Å². The van der Waals surface area contributed by atoms with Crippen molar-refractivity contribution in [1.29, 1.82) is 0 Å². The Balaban J connectivity index is 1.38. The molecule has 1 unspecified atom stereocenters. The van der Waals surface area contributed by atoms with E-state index in [1.54, 1.807) is 17.0 Å². The first-order valence-corrected chi connectivity index (χ1v) is 12.5. The molecule has 10 nitrogen and oxygen atoms in total. The van der Waals surface area contributed by atoms with Crippen LogP contribution in [0.3, 0.4) is 0 Å². The molecule has 4 rings (SSSR count). The summed E-state index contributed by atoms with van der Waals surface area (Å²) in [4.78, 5) is 67.3. The van der Waals surface area contributed by atoms with Crippen molar-refractivity contribution >= 4 is 35.4 Å². The van der Waals surface area contributed by atoms with Gasteiger partial charge < -0.3 is 14.5 Å². The van der Waals surface area contributed by atoms with Crippen molar-refractivity contribution in [3.8, 4) is 0 Å². The van der Waals surface area contributed by atoms with Gasteiger partial charge in [0.25, 0.3) is 11.8 Å². The van der Waals surface area contributed by atoms with Crippen LogP contribution in [0.15, 0.2) is 18.2 Å². The number of ether oxygens (including phenoxy) is 1. The lowest BCUT2D eigenvalue weighted by molar-refractivity contribution is -0.136. The van der Waals surface area contributed by atoms with E-state index in [-0.39, 0.29) is 24.5 Å². The molecule has 1 aromatic carbocycles. The van der Waals surface area contributed by atoms with Crippen LogP contribution >= 0.6 is 0 Å². The van der Waals surface area contributed by atoms with E-state index in [4.69, 9.17) is 4.74 Å². The monoisotopic (exact) mass is 498 g/mol. The van der Waals surface area contributed by atoms with Crippen molar-refractivity contribution in [1.82, 2.24) is 15.1 Å². The third-order valence-corrected chi connectivity index (χ3v) is 7.00. The second-order valence-corrected chi connectivity index (χ2v) is 10.8. The molecule has 0 radical (unpaired) electrons. The number of hydrogen-bond donors (Lipinski definition) is 1. The number of amides is 5. The number of nitrogens with one attached hydrogen (secondary N) is 1. The number of anilines is 1. The summed E-state index contributed by atoms with van der Waals surface area (Å²) in [5, 5.41) is 2.22. The van der Waals surface area contributed by atoms with Gasteiger partial charge in [-0.05, 0) is 64.5 Å². The van der Waals surface area contributed by atoms with Crippen LogP contribution in [0.5, 0.6) is 0 Å². The molecular formula is C26H34N4O6. The van der Waals surface area contributed by atoms with E-state index < -0.39 is 35.3 Å².